The molecule has 0 bridgehead atoms. The highest BCUT2D eigenvalue weighted by molar-refractivity contribution is 5.72. The average Bonchev–Trinajstić information content (AvgIpc) is 2.12. The summed E-state index contributed by atoms with van der Waals surface area (Å²) in [5.74, 6) is -2.60. The Hall–Kier alpha value is -1.79. The van der Waals surface area contributed by atoms with Crippen LogP contribution < -0.4 is 5.73 Å². The Morgan fingerprint density at radius 1 is 1.60 bits per heavy atom. The maximum atomic E-state index is 13.1. The summed E-state index contributed by atoms with van der Waals surface area (Å²) >= 11 is 0. The van der Waals surface area contributed by atoms with Crippen LogP contribution in [0.4, 0.5) is 18.9 Å². The van der Waals surface area contributed by atoms with Gasteiger partial charge in [-0.2, -0.15) is 0 Å². The van der Waals surface area contributed by atoms with Crippen molar-refractivity contribution in [3.05, 3.63) is 23.3 Å². The van der Waals surface area contributed by atoms with Gasteiger partial charge in [-0.05, 0) is 0 Å². The molecule has 0 spiro atoms. The lowest BCUT2D eigenvalue weighted by Crippen LogP contribution is -2.09. The van der Waals surface area contributed by atoms with Gasteiger partial charge in [0.1, 0.15) is 5.69 Å². The second kappa shape index (κ2) is 4.16. The standard InChI is InChI=1S/C8H7F3N2O2/c9-5-6(12)3(1-4(14)15)2-13-7(5)8(10)11/h2,8H,1H2,(H2,12,13)(H,14,15). The van der Waals surface area contributed by atoms with Gasteiger partial charge in [0.25, 0.3) is 6.43 Å². The summed E-state index contributed by atoms with van der Waals surface area (Å²) in [4.78, 5) is 13.4. The monoisotopic (exact) mass is 220 g/mol. The minimum Gasteiger partial charge on any atom is -0.481 e. The highest BCUT2D eigenvalue weighted by Crippen LogP contribution is 2.25. The Morgan fingerprint density at radius 2 is 2.20 bits per heavy atom. The summed E-state index contributed by atoms with van der Waals surface area (Å²) in [6.07, 6.45) is -2.79. The lowest BCUT2D eigenvalue weighted by molar-refractivity contribution is -0.136. The minimum absolute atomic E-state index is 0.121. The van der Waals surface area contributed by atoms with Gasteiger partial charge >= 0.3 is 5.97 Å². The molecule has 0 unspecified atom stereocenters. The van der Waals surface area contributed by atoms with E-state index in [1.54, 1.807) is 0 Å². The van der Waals surface area contributed by atoms with Crippen LogP contribution in [0.2, 0.25) is 0 Å². The fourth-order valence-corrected chi connectivity index (χ4v) is 1.01. The van der Waals surface area contributed by atoms with E-state index in [1.165, 1.54) is 0 Å². The van der Waals surface area contributed by atoms with Crippen LogP contribution in [0.5, 0.6) is 0 Å². The van der Waals surface area contributed by atoms with E-state index >= 15 is 0 Å². The van der Waals surface area contributed by atoms with Gasteiger partial charge < -0.3 is 10.8 Å². The summed E-state index contributed by atoms with van der Waals surface area (Å²) in [7, 11) is 0. The first-order valence-corrected chi connectivity index (χ1v) is 3.86. The summed E-state index contributed by atoms with van der Waals surface area (Å²) < 4.78 is 37.4. The van der Waals surface area contributed by atoms with Gasteiger partial charge in [-0.1, -0.05) is 0 Å². The predicted molar refractivity (Wildman–Crippen MR) is 44.9 cm³/mol. The highest BCUT2D eigenvalue weighted by Gasteiger charge is 2.20. The molecule has 0 radical (unpaired) electrons. The van der Waals surface area contributed by atoms with Crippen molar-refractivity contribution in [3.8, 4) is 0 Å². The number of alkyl halides is 2. The number of pyridine rings is 1. The number of aliphatic carboxylic acids is 1. The third-order valence-corrected chi connectivity index (χ3v) is 1.72. The van der Waals surface area contributed by atoms with Crippen molar-refractivity contribution in [2.24, 2.45) is 0 Å². The number of hydrogen-bond donors (Lipinski definition) is 2. The molecule has 1 aromatic heterocycles. The molecule has 0 saturated carbocycles. The van der Waals surface area contributed by atoms with E-state index < -0.39 is 36.0 Å². The van der Waals surface area contributed by atoms with Gasteiger partial charge in [0.05, 0.1) is 12.1 Å². The fourth-order valence-electron chi connectivity index (χ4n) is 1.01. The number of nitrogens with zero attached hydrogens (tertiary/aromatic N) is 1. The summed E-state index contributed by atoms with van der Waals surface area (Å²) in [6.45, 7) is 0. The lowest BCUT2D eigenvalue weighted by atomic mass is 10.1. The van der Waals surface area contributed by atoms with Crippen LogP contribution >= 0.6 is 0 Å². The van der Waals surface area contributed by atoms with E-state index in [-0.39, 0.29) is 5.56 Å². The van der Waals surface area contributed by atoms with Gasteiger partial charge in [0.15, 0.2) is 5.82 Å². The number of nitrogens with two attached hydrogens (primary N) is 1. The molecule has 0 aliphatic carbocycles. The number of aromatic nitrogens is 1. The number of nitrogen functional groups attached to an aromatic ring is 1. The molecule has 0 aliphatic heterocycles. The molecule has 1 heterocycles. The normalized spacial score (nSPS) is 10.7. The number of hydrogen-bond acceptors (Lipinski definition) is 3. The molecule has 1 rings (SSSR count). The second-order valence-electron chi connectivity index (χ2n) is 2.77. The maximum absolute atomic E-state index is 13.1. The van der Waals surface area contributed by atoms with Crippen LogP contribution in [0.25, 0.3) is 0 Å². The first-order valence-electron chi connectivity index (χ1n) is 3.86. The number of carboxylic acids is 1. The molecule has 1 aromatic rings. The SMILES string of the molecule is Nc1c(CC(=O)O)cnc(C(F)F)c1F. The number of anilines is 1. The molecule has 7 heteroatoms. The Labute approximate surface area is 82.5 Å². The average molecular weight is 220 g/mol. The van der Waals surface area contributed by atoms with Crippen molar-refractivity contribution >= 4 is 11.7 Å². The van der Waals surface area contributed by atoms with Gasteiger partial charge in [0.2, 0.25) is 0 Å². The first-order chi connectivity index (χ1) is 6.93. The second-order valence-corrected chi connectivity index (χ2v) is 2.77. The van der Waals surface area contributed by atoms with Crippen LogP contribution in [0, 0.1) is 5.82 Å². The zero-order valence-corrected chi connectivity index (χ0v) is 7.38. The van der Waals surface area contributed by atoms with Gasteiger partial charge in [-0.25, -0.2) is 13.2 Å². The Morgan fingerprint density at radius 3 is 2.67 bits per heavy atom. The summed E-state index contributed by atoms with van der Waals surface area (Å²) in [5.41, 5.74) is 3.37. The highest BCUT2D eigenvalue weighted by atomic mass is 19.3. The quantitative estimate of drug-likeness (QED) is 0.806. The van der Waals surface area contributed by atoms with Crippen LogP contribution in [0.1, 0.15) is 17.7 Å². The number of carboxylic acid groups (broad SMARTS) is 1. The molecule has 0 aromatic carbocycles. The van der Waals surface area contributed by atoms with E-state index in [2.05, 4.69) is 4.98 Å². The van der Waals surface area contributed by atoms with E-state index in [0.29, 0.717) is 0 Å². The van der Waals surface area contributed by atoms with Crippen LogP contribution in [0.15, 0.2) is 6.20 Å². The third-order valence-electron chi connectivity index (χ3n) is 1.72. The third kappa shape index (κ3) is 2.36. The van der Waals surface area contributed by atoms with Crippen molar-refractivity contribution < 1.29 is 23.1 Å². The Balaban J connectivity index is 3.15. The number of carbonyl (C=O) groups is 1. The van der Waals surface area contributed by atoms with Gasteiger partial charge in [-0.3, -0.25) is 9.78 Å². The number of rotatable bonds is 3. The molecule has 82 valence electrons. The largest absolute Gasteiger partial charge is 0.481 e. The molecule has 4 nitrogen and oxygen atoms in total. The molecule has 0 aliphatic rings. The molecular weight excluding hydrogens is 213 g/mol. The zero-order chi connectivity index (χ0) is 11.6. The van der Waals surface area contributed by atoms with E-state index in [9.17, 15) is 18.0 Å². The molecule has 0 fully saturated rings. The molecule has 3 N–H and O–H groups in total. The minimum atomic E-state index is -3.08. The molecule has 0 saturated heterocycles. The molecule has 0 amide bonds. The van der Waals surface area contributed by atoms with Crippen molar-refractivity contribution in [2.45, 2.75) is 12.8 Å². The Kier molecular flexibility index (Phi) is 3.13. The first kappa shape index (κ1) is 11.3. The number of halogens is 3. The van der Waals surface area contributed by atoms with Crippen LogP contribution in [-0.4, -0.2) is 16.1 Å². The van der Waals surface area contributed by atoms with Crippen molar-refractivity contribution in [1.82, 2.24) is 4.98 Å². The maximum Gasteiger partial charge on any atom is 0.307 e. The van der Waals surface area contributed by atoms with Crippen LogP contribution in [-0.2, 0) is 11.2 Å². The molecule has 15 heavy (non-hydrogen) atoms. The molecule has 0 atom stereocenters. The Bertz CT molecular complexity index is 396. The van der Waals surface area contributed by atoms with Crippen molar-refractivity contribution in [2.75, 3.05) is 5.73 Å². The fraction of sp³-hybridized carbons (Fsp3) is 0.250. The predicted octanol–water partition coefficient (Wildman–Crippen LogP) is 1.37. The summed E-state index contributed by atoms with van der Waals surface area (Å²) in [5, 5.41) is 8.41. The lowest BCUT2D eigenvalue weighted by Gasteiger charge is -2.07. The van der Waals surface area contributed by atoms with Crippen molar-refractivity contribution in [3.63, 3.8) is 0 Å². The van der Waals surface area contributed by atoms with Gasteiger partial charge in [-0.15, -0.1) is 0 Å². The van der Waals surface area contributed by atoms with E-state index in [1.807, 2.05) is 0 Å². The van der Waals surface area contributed by atoms with E-state index in [4.69, 9.17) is 10.8 Å². The van der Waals surface area contributed by atoms with Crippen molar-refractivity contribution in [1.29, 1.82) is 0 Å². The van der Waals surface area contributed by atoms with E-state index in [0.717, 1.165) is 6.20 Å². The van der Waals surface area contributed by atoms with Crippen LogP contribution in [0.3, 0.4) is 0 Å². The zero-order valence-electron chi connectivity index (χ0n) is 7.38. The summed E-state index contributed by atoms with van der Waals surface area (Å²) in [6, 6.07) is 0. The molecular formula is C8H7F3N2O2. The van der Waals surface area contributed by atoms with Gasteiger partial charge in [0, 0.05) is 11.8 Å². The smallest absolute Gasteiger partial charge is 0.307 e. The topological polar surface area (TPSA) is 76.2 Å².